The number of carbonyl (C=O) groups excluding carboxylic acids is 1. The first-order valence-electron chi connectivity index (χ1n) is 11.9. The summed E-state index contributed by atoms with van der Waals surface area (Å²) in [6.45, 7) is 0.775. The van der Waals surface area contributed by atoms with E-state index in [0.29, 0.717) is 29.2 Å². The van der Waals surface area contributed by atoms with E-state index in [1.807, 2.05) is 19.1 Å². The van der Waals surface area contributed by atoms with Crippen LogP contribution in [0, 0.1) is 0 Å². The van der Waals surface area contributed by atoms with Crippen LogP contribution in [-0.2, 0) is 5.54 Å². The van der Waals surface area contributed by atoms with Gasteiger partial charge in [-0.1, -0.05) is 23.7 Å². The smallest absolute Gasteiger partial charge is 0.422 e. The predicted molar refractivity (Wildman–Crippen MR) is 138 cm³/mol. The first-order chi connectivity index (χ1) is 18.0. The lowest BCUT2D eigenvalue weighted by Gasteiger charge is -2.19. The van der Waals surface area contributed by atoms with E-state index in [0.717, 1.165) is 18.4 Å². The minimum Gasteiger partial charge on any atom is -0.454 e. The maximum atomic E-state index is 12.8. The van der Waals surface area contributed by atoms with Crippen molar-refractivity contribution in [3.05, 3.63) is 64.7 Å². The molecule has 0 unspecified atom stereocenters. The molecule has 2 aromatic carbocycles. The third-order valence-electron chi connectivity index (χ3n) is 5.86. The second-order valence-electron chi connectivity index (χ2n) is 9.04. The summed E-state index contributed by atoms with van der Waals surface area (Å²) in [6.07, 6.45) is -2.36. The van der Waals surface area contributed by atoms with Crippen molar-refractivity contribution >= 4 is 35.1 Å². The maximum Gasteiger partial charge on any atom is 0.422 e. The standard InChI is InChI=1S/C25H27ClF3N7O2/c1-15(10-13-30)31-20(37)16-2-8-19(9-3-16)32-21-33-22(35-23(34-21)38-14-25(27,28)29)36-24(11-12-24)17-4-6-18(26)7-5-17/h2-9,15H,10-14,30H2,1H3,(H,31,37)(H2,32,33,34,35,36)/t15-/m1/s1. The van der Waals surface area contributed by atoms with E-state index in [2.05, 4.69) is 30.9 Å². The average molecular weight is 550 g/mol. The van der Waals surface area contributed by atoms with Crippen LogP contribution in [0.5, 0.6) is 6.01 Å². The zero-order valence-electron chi connectivity index (χ0n) is 20.5. The molecule has 0 saturated heterocycles. The molecule has 1 aliphatic rings. The molecular formula is C25H27ClF3N7O2. The van der Waals surface area contributed by atoms with Crippen molar-refractivity contribution in [3.8, 4) is 6.01 Å². The molecular weight excluding hydrogens is 523 g/mol. The number of aromatic nitrogens is 3. The van der Waals surface area contributed by atoms with Crippen LogP contribution in [0.1, 0.15) is 42.1 Å². The van der Waals surface area contributed by atoms with Crippen molar-refractivity contribution in [3.63, 3.8) is 0 Å². The lowest BCUT2D eigenvalue weighted by atomic mass is 10.1. The number of ether oxygens (including phenoxy) is 1. The topological polar surface area (TPSA) is 127 Å². The van der Waals surface area contributed by atoms with E-state index in [4.69, 9.17) is 22.1 Å². The molecule has 1 saturated carbocycles. The molecule has 0 spiro atoms. The van der Waals surface area contributed by atoms with Gasteiger partial charge in [-0.3, -0.25) is 4.79 Å². The molecule has 4 rings (SSSR count). The van der Waals surface area contributed by atoms with Crippen molar-refractivity contribution in [1.82, 2.24) is 20.3 Å². The lowest BCUT2D eigenvalue weighted by molar-refractivity contribution is -0.154. The number of nitrogens with two attached hydrogens (primary N) is 1. The fourth-order valence-electron chi connectivity index (χ4n) is 3.74. The Morgan fingerprint density at radius 1 is 1.08 bits per heavy atom. The molecule has 38 heavy (non-hydrogen) atoms. The lowest BCUT2D eigenvalue weighted by Crippen LogP contribution is -2.33. The van der Waals surface area contributed by atoms with Crippen LogP contribution < -0.4 is 26.4 Å². The highest BCUT2D eigenvalue weighted by atomic mass is 35.5. The highest BCUT2D eigenvalue weighted by Gasteiger charge is 2.45. The largest absolute Gasteiger partial charge is 0.454 e. The van der Waals surface area contributed by atoms with Crippen LogP contribution in [0.2, 0.25) is 5.02 Å². The summed E-state index contributed by atoms with van der Waals surface area (Å²) in [5.41, 5.74) is 6.94. The minimum atomic E-state index is -4.56. The summed E-state index contributed by atoms with van der Waals surface area (Å²) in [7, 11) is 0. The van der Waals surface area contributed by atoms with Crippen molar-refractivity contribution in [2.45, 2.75) is 43.9 Å². The molecule has 202 valence electrons. The fourth-order valence-corrected chi connectivity index (χ4v) is 3.86. The number of anilines is 3. The Balaban J connectivity index is 1.53. The highest BCUT2D eigenvalue weighted by molar-refractivity contribution is 6.30. The number of alkyl halides is 3. The van der Waals surface area contributed by atoms with E-state index in [1.165, 1.54) is 0 Å². The molecule has 1 aliphatic carbocycles. The third kappa shape index (κ3) is 7.45. The Morgan fingerprint density at radius 3 is 2.34 bits per heavy atom. The monoisotopic (exact) mass is 549 g/mol. The Hall–Kier alpha value is -3.64. The molecule has 1 amide bonds. The molecule has 0 bridgehead atoms. The van der Waals surface area contributed by atoms with Crippen LogP contribution >= 0.6 is 11.6 Å². The molecule has 0 radical (unpaired) electrons. The van der Waals surface area contributed by atoms with E-state index in [1.54, 1.807) is 36.4 Å². The SMILES string of the molecule is C[C@H](CCN)NC(=O)c1ccc(Nc2nc(NC3(c4ccc(Cl)cc4)CC3)nc(OCC(F)(F)F)n2)cc1. The second-order valence-corrected chi connectivity index (χ2v) is 9.47. The van der Waals surface area contributed by atoms with Gasteiger partial charge in [-0.05, 0) is 74.7 Å². The number of rotatable bonds is 11. The van der Waals surface area contributed by atoms with Crippen LogP contribution in [-0.4, -0.2) is 46.2 Å². The van der Waals surface area contributed by atoms with Crippen molar-refractivity contribution in [2.24, 2.45) is 5.73 Å². The summed E-state index contributed by atoms with van der Waals surface area (Å²) in [4.78, 5) is 24.7. The summed E-state index contributed by atoms with van der Waals surface area (Å²) < 4.78 is 43.1. The van der Waals surface area contributed by atoms with Gasteiger partial charge in [-0.25, -0.2) is 0 Å². The van der Waals surface area contributed by atoms with Crippen LogP contribution in [0.25, 0.3) is 0 Å². The van der Waals surface area contributed by atoms with Crippen molar-refractivity contribution < 1.29 is 22.7 Å². The number of benzene rings is 2. The summed E-state index contributed by atoms with van der Waals surface area (Å²) in [5.74, 6) is -0.221. The number of nitrogens with zero attached hydrogens (tertiary/aromatic N) is 3. The first-order valence-corrected chi connectivity index (χ1v) is 12.3. The Bertz CT molecular complexity index is 1250. The van der Waals surface area contributed by atoms with Gasteiger partial charge in [-0.15, -0.1) is 0 Å². The maximum absolute atomic E-state index is 12.8. The zero-order chi connectivity index (χ0) is 27.3. The molecule has 1 fully saturated rings. The number of nitrogens with one attached hydrogen (secondary N) is 3. The molecule has 3 aromatic rings. The van der Waals surface area contributed by atoms with Gasteiger partial charge in [0.15, 0.2) is 6.61 Å². The molecule has 13 heteroatoms. The van der Waals surface area contributed by atoms with Gasteiger partial charge >= 0.3 is 12.2 Å². The zero-order valence-corrected chi connectivity index (χ0v) is 21.2. The van der Waals surface area contributed by atoms with E-state index >= 15 is 0 Å². The average Bonchev–Trinajstić information content (AvgIpc) is 3.63. The van der Waals surface area contributed by atoms with Gasteiger partial charge in [0.2, 0.25) is 11.9 Å². The molecule has 1 heterocycles. The van der Waals surface area contributed by atoms with Gasteiger partial charge in [0.25, 0.3) is 5.91 Å². The van der Waals surface area contributed by atoms with Crippen LogP contribution in [0.4, 0.5) is 30.8 Å². The Labute approximate surface area is 222 Å². The van der Waals surface area contributed by atoms with Crippen LogP contribution in [0.3, 0.4) is 0 Å². The molecule has 9 nitrogen and oxygen atoms in total. The number of hydrogen-bond acceptors (Lipinski definition) is 8. The Morgan fingerprint density at radius 2 is 1.74 bits per heavy atom. The van der Waals surface area contributed by atoms with Crippen molar-refractivity contribution in [1.29, 1.82) is 0 Å². The highest BCUT2D eigenvalue weighted by Crippen LogP contribution is 2.48. The van der Waals surface area contributed by atoms with Crippen LogP contribution in [0.15, 0.2) is 48.5 Å². The van der Waals surface area contributed by atoms with Gasteiger partial charge < -0.3 is 26.4 Å². The molecule has 1 aromatic heterocycles. The fraction of sp³-hybridized carbons (Fsp3) is 0.360. The molecule has 1 atom stereocenters. The van der Waals surface area contributed by atoms with E-state index in [9.17, 15) is 18.0 Å². The predicted octanol–water partition coefficient (Wildman–Crippen LogP) is 4.78. The third-order valence-corrected chi connectivity index (χ3v) is 6.11. The van der Waals surface area contributed by atoms with E-state index in [-0.39, 0.29) is 23.8 Å². The summed E-state index contributed by atoms with van der Waals surface area (Å²) in [5, 5.41) is 9.59. The number of hydrogen-bond donors (Lipinski definition) is 4. The van der Waals surface area contributed by atoms with Gasteiger partial charge in [0.1, 0.15) is 0 Å². The van der Waals surface area contributed by atoms with Crippen molar-refractivity contribution in [2.75, 3.05) is 23.8 Å². The van der Waals surface area contributed by atoms with Gasteiger partial charge in [0, 0.05) is 22.3 Å². The van der Waals surface area contributed by atoms with E-state index < -0.39 is 24.3 Å². The summed E-state index contributed by atoms with van der Waals surface area (Å²) in [6, 6.07) is 13.2. The minimum absolute atomic E-state index is 0.0275. The molecule has 5 N–H and O–H groups in total. The number of carbonyl (C=O) groups is 1. The van der Waals surface area contributed by atoms with Gasteiger partial charge in [-0.2, -0.15) is 28.1 Å². The quantitative estimate of drug-likeness (QED) is 0.269. The number of halogens is 4. The number of amides is 1. The summed E-state index contributed by atoms with van der Waals surface area (Å²) >= 11 is 6.00. The first kappa shape index (κ1) is 27.4. The molecule has 0 aliphatic heterocycles. The second kappa shape index (κ2) is 11.4. The normalized spacial score (nSPS) is 14.9. The Kier molecular flexibility index (Phi) is 8.22. The van der Waals surface area contributed by atoms with Gasteiger partial charge in [0.05, 0.1) is 5.54 Å².